The van der Waals surface area contributed by atoms with E-state index in [9.17, 15) is 4.79 Å². The molecule has 0 saturated carbocycles. The summed E-state index contributed by atoms with van der Waals surface area (Å²) in [5.41, 5.74) is 3.55. The lowest BCUT2D eigenvalue weighted by molar-refractivity contribution is -0.130. The molecule has 2 aromatic rings. The van der Waals surface area contributed by atoms with Crippen LogP contribution in [0.5, 0.6) is 5.75 Å². The van der Waals surface area contributed by atoms with Gasteiger partial charge in [0.15, 0.2) is 5.96 Å². The number of nitrogens with zero attached hydrogens (tertiary/aromatic N) is 2. The SMILES string of the molecule is C=CCOc1ccccc1CN=C(NCC)NCC(=O)N1CCc2ccccc2C1.I. The number of hydrogen-bond donors (Lipinski definition) is 2. The topological polar surface area (TPSA) is 66.0 Å². The summed E-state index contributed by atoms with van der Waals surface area (Å²) < 4.78 is 5.70. The van der Waals surface area contributed by atoms with E-state index in [0.717, 1.165) is 24.3 Å². The second-order valence-electron chi connectivity index (χ2n) is 7.09. The van der Waals surface area contributed by atoms with E-state index in [1.54, 1.807) is 6.08 Å². The molecule has 1 heterocycles. The van der Waals surface area contributed by atoms with Gasteiger partial charge in [0.1, 0.15) is 12.4 Å². The molecule has 166 valence electrons. The van der Waals surface area contributed by atoms with Crippen LogP contribution in [-0.4, -0.2) is 43.0 Å². The summed E-state index contributed by atoms with van der Waals surface area (Å²) >= 11 is 0. The Balaban J connectivity index is 0.00000341. The quantitative estimate of drug-likeness (QED) is 0.236. The zero-order valence-corrected chi connectivity index (χ0v) is 20.3. The fraction of sp³-hybridized carbons (Fsp3) is 0.333. The van der Waals surface area contributed by atoms with Crippen molar-refractivity contribution in [3.05, 3.63) is 77.9 Å². The molecule has 0 unspecified atom stereocenters. The Kier molecular flexibility index (Phi) is 10.4. The number of carbonyl (C=O) groups is 1. The third kappa shape index (κ3) is 7.27. The van der Waals surface area contributed by atoms with Crippen LogP contribution in [0.3, 0.4) is 0 Å². The standard InChI is InChI=1S/C24H30N4O2.HI/c1-3-15-30-22-12-8-7-10-20(22)16-26-24(25-4-2)27-17-23(29)28-14-13-19-9-5-6-11-21(19)18-28;/h3,5-12H,1,4,13-18H2,2H3,(H2,25,26,27);1H. The van der Waals surface area contributed by atoms with Crippen molar-refractivity contribution in [1.29, 1.82) is 0 Å². The van der Waals surface area contributed by atoms with Gasteiger partial charge in [-0.25, -0.2) is 4.99 Å². The first-order valence-electron chi connectivity index (χ1n) is 10.4. The number of guanidine groups is 1. The van der Waals surface area contributed by atoms with E-state index in [1.807, 2.05) is 42.2 Å². The highest BCUT2D eigenvalue weighted by Crippen LogP contribution is 2.19. The van der Waals surface area contributed by atoms with Crippen molar-refractivity contribution >= 4 is 35.8 Å². The molecule has 0 bridgehead atoms. The minimum Gasteiger partial charge on any atom is -0.489 e. The Morgan fingerprint density at radius 2 is 1.90 bits per heavy atom. The van der Waals surface area contributed by atoms with Crippen molar-refractivity contribution in [2.45, 2.75) is 26.4 Å². The first-order valence-corrected chi connectivity index (χ1v) is 10.4. The third-order valence-electron chi connectivity index (χ3n) is 4.97. The fourth-order valence-corrected chi connectivity index (χ4v) is 3.41. The molecule has 3 rings (SSSR count). The van der Waals surface area contributed by atoms with E-state index < -0.39 is 0 Å². The molecule has 2 N–H and O–H groups in total. The van der Waals surface area contributed by atoms with Gasteiger partial charge < -0.3 is 20.3 Å². The first-order chi connectivity index (χ1) is 14.7. The summed E-state index contributed by atoms with van der Waals surface area (Å²) in [6.07, 6.45) is 2.62. The lowest BCUT2D eigenvalue weighted by atomic mass is 10.00. The highest BCUT2D eigenvalue weighted by molar-refractivity contribution is 14.0. The summed E-state index contributed by atoms with van der Waals surface area (Å²) in [5, 5.41) is 6.37. The molecule has 0 saturated heterocycles. The molecular weight excluding hydrogens is 503 g/mol. The maximum absolute atomic E-state index is 12.7. The average molecular weight is 534 g/mol. The van der Waals surface area contributed by atoms with Crippen LogP contribution in [0, 0.1) is 0 Å². The van der Waals surface area contributed by atoms with Gasteiger partial charge in [-0.3, -0.25) is 4.79 Å². The predicted molar refractivity (Wildman–Crippen MR) is 136 cm³/mol. The van der Waals surface area contributed by atoms with Crippen LogP contribution >= 0.6 is 24.0 Å². The van der Waals surface area contributed by atoms with Crippen LogP contribution in [0.15, 0.2) is 66.2 Å². The molecule has 1 aliphatic heterocycles. The van der Waals surface area contributed by atoms with Crippen LogP contribution < -0.4 is 15.4 Å². The lowest BCUT2D eigenvalue weighted by Gasteiger charge is -2.29. The number of nitrogens with one attached hydrogen (secondary N) is 2. The highest BCUT2D eigenvalue weighted by Gasteiger charge is 2.20. The lowest BCUT2D eigenvalue weighted by Crippen LogP contribution is -2.45. The van der Waals surface area contributed by atoms with E-state index in [0.29, 0.717) is 32.2 Å². The Morgan fingerprint density at radius 1 is 1.16 bits per heavy atom. The summed E-state index contributed by atoms with van der Waals surface area (Å²) in [6.45, 7) is 8.93. The van der Waals surface area contributed by atoms with Gasteiger partial charge in [-0.05, 0) is 30.5 Å². The largest absolute Gasteiger partial charge is 0.489 e. The van der Waals surface area contributed by atoms with Crippen LogP contribution in [0.25, 0.3) is 0 Å². The van der Waals surface area contributed by atoms with Gasteiger partial charge >= 0.3 is 0 Å². The smallest absolute Gasteiger partial charge is 0.242 e. The minimum absolute atomic E-state index is 0. The molecule has 1 amide bonds. The van der Waals surface area contributed by atoms with Crippen molar-refractivity contribution in [1.82, 2.24) is 15.5 Å². The van der Waals surface area contributed by atoms with Crippen LogP contribution in [-0.2, 0) is 24.3 Å². The van der Waals surface area contributed by atoms with Crippen LogP contribution in [0.2, 0.25) is 0 Å². The fourth-order valence-electron chi connectivity index (χ4n) is 3.41. The number of hydrogen-bond acceptors (Lipinski definition) is 3. The summed E-state index contributed by atoms with van der Waals surface area (Å²) in [7, 11) is 0. The number of fused-ring (bicyclic) bond motifs is 1. The summed E-state index contributed by atoms with van der Waals surface area (Å²) in [5.74, 6) is 1.48. The number of rotatable bonds is 8. The number of amides is 1. The first kappa shape index (κ1) is 24.7. The molecule has 0 aliphatic carbocycles. The number of para-hydroxylation sites is 1. The Labute approximate surface area is 201 Å². The van der Waals surface area contributed by atoms with Crippen molar-refractivity contribution in [2.75, 3.05) is 26.2 Å². The van der Waals surface area contributed by atoms with Gasteiger partial charge in [0.2, 0.25) is 5.91 Å². The van der Waals surface area contributed by atoms with E-state index in [2.05, 4.69) is 40.4 Å². The third-order valence-corrected chi connectivity index (χ3v) is 4.97. The number of halogens is 1. The van der Waals surface area contributed by atoms with E-state index in [-0.39, 0.29) is 36.4 Å². The van der Waals surface area contributed by atoms with E-state index >= 15 is 0 Å². The van der Waals surface area contributed by atoms with Crippen LogP contribution in [0.4, 0.5) is 0 Å². The molecule has 0 atom stereocenters. The van der Waals surface area contributed by atoms with Gasteiger partial charge in [-0.2, -0.15) is 0 Å². The summed E-state index contributed by atoms with van der Waals surface area (Å²) in [6, 6.07) is 16.1. The van der Waals surface area contributed by atoms with E-state index in [4.69, 9.17) is 4.74 Å². The Morgan fingerprint density at radius 3 is 2.68 bits per heavy atom. The molecule has 0 radical (unpaired) electrons. The van der Waals surface area contributed by atoms with Crippen molar-refractivity contribution in [2.24, 2.45) is 4.99 Å². The minimum atomic E-state index is 0. The number of carbonyl (C=O) groups excluding carboxylic acids is 1. The molecule has 7 heteroatoms. The second-order valence-corrected chi connectivity index (χ2v) is 7.09. The average Bonchev–Trinajstić information content (AvgIpc) is 2.79. The maximum atomic E-state index is 12.7. The van der Waals surface area contributed by atoms with Gasteiger partial charge in [-0.1, -0.05) is 55.1 Å². The normalized spacial score (nSPS) is 12.9. The number of ether oxygens (including phenoxy) is 1. The molecular formula is C24H31IN4O2. The zero-order valence-electron chi connectivity index (χ0n) is 18.0. The van der Waals surface area contributed by atoms with Crippen molar-refractivity contribution in [3.8, 4) is 5.75 Å². The van der Waals surface area contributed by atoms with Crippen LogP contribution in [0.1, 0.15) is 23.6 Å². The number of aliphatic imine (C=N–C) groups is 1. The van der Waals surface area contributed by atoms with Gasteiger partial charge in [0.25, 0.3) is 0 Å². The van der Waals surface area contributed by atoms with Gasteiger partial charge in [0.05, 0.1) is 13.1 Å². The summed E-state index contributed by atoms with van der Waals surface area (Å²) in [4.78, 5) is 19.2. The Hall–Kier alpha value is -2.55. The monoisotopic (exact) mass is 534 g/mol. The van der Waals surface area contributed by atoms with Crippen molar-refractivity contribution < 1.29 is 9.53 Å². The molecule has 6 nitrogen and oxygen atoms in total. The van der Waals surface area contributed by atoms with E-state index in [1.165, 1.54) is 11.1 Å². The Bertz CT molecular complexity index is 901. The maximum Gasteiger partial charge on any atom is 0.242 e. The van der Waals surface area contributed by atoms with Crippen molar-refractivity contribution in [3.63, 3.8) is 0 Å². The second kappa shape index (κ2) is 13.0. The predicted octanol–water partition coefficient (Wildman–Crippen LogP) is 3.51. The number of benzene rings is 2. The highest BCUT2D eigenvalue weighted by atomic mass is 127. The zero-order chi connectivity index (χ0) is 21.2. The molecule has 2 aromatic carbocycles. The molecule has 31 heavy (non-hydrogen) atoms. The molecule has 1 aliphatic rings. The molecule has 0 spiro atoms. The molecule has 0 aromatic heterocycles. The van der Waals surface area contributed by atoms with Gasteiger partial charge in [-0.15, -0.1) is 24.0 Å². The molecule has 0 fully saturated rings. The van der Waals surface area contributed by atoms with Gasteiger partial charge in [0, 0.05) is 25.2 Å².